The van der Waals surface area contributed by atoms with E-state index in [1.54, 1.807) is 21.3 Å². The Morgan fingerprint density at radius 2 is 1.23 bits per heavy atom. The van der Waals surface area contributed by atoms with Crippen LogP contribution < -0.4 is 14.2 Å². The van der Waals surface area contributed by atoms with E-state index in [2.05, 4.69) is 17.0 Å². The van der Waals surface area contributed by atoms with Crippen molar-refractivity contribution in [3.63, 3.8) is 0 Å². The van der Waals surface area contributed by atoms with Gasteiger partial charge >= 0.3 is 11.9 Å². The van der Waals surface area contributed by atoms with Crippen molar-refractivity contribution in [3.8, 4) is 28.4 Å². The number of carboxylic acid groups (broad SMARTS) is 2. The minimum absolute atomic E-state index is 0.0852. The number of hydrogen-bond donors (Lipinski definition) is 2. The monoisotopic (exact) mass is 536 g/mol. The van der Waals surface area contributed by atoms with Crippen LogP contribution in [0.25, 0.3) is 11.1 Å². The smallest absolute Gasteiger partial charge is 0.414 e. The highest BCUT2D eigenvalue weighted by atomic mass is 16.5. The van der Waals surface area contributed by atoms with Crippen LogP contribution >= 0.6 is 0 Å². The number of methoxy groups -OCH3 is 3. The van der Waals surface area contributed by atoms with Gasteiger partial charge in [-0.1, -0.05) is 42.5 Å². The zero-order valence-electron chi connectivity index (χ0n) is 22.1. The highest BCUT2D eigenvalue weighted by Gasteiger charge is 2.23. The van der Waals surface area contributed by atoms with Gasteiger partial charge in [-0.15, -0.1) is 0 Å². The first-order chi connectivity index (χ1) is 18.8. The van der Waals surface area contributed by atoms with E-state index in [1.807, 2.05) is 59.5 Å². The second kappa shape index (κ2) is 13.8. The predicted octanol–water partition coefficient (Wildman–Crippen LogP) is 3.49. The molecule has 1 heterocycles. The van der Waals surface area contributed by atoms with Crippen LogP contribution in [0.3, 0.4) is 0 Å². The lowest BCUT2D eigenvalue weighted by molar-refractivity contribution is -0.159. The quantitative estimate of drug-likeness (QED) is 0.437. The lowest BCUT2D eigenvalue weighted by Gasteiger charge is -2.35. The van der Waals surface area contributed by atoms with Gasteiger partial charge in [-0.3, -0.25) is 9.69 Å². The van der Waals surface area contributed by atoms with Crippen molar-refractivity contribution in [2.75, 3.05) is 47.5 Å². The van der Waals surface area contributed by atoms with Gasteiger partial charge in [0.2, 0.25) is 5.75 Å². The van der Waals surface area contributed by atoms with Gasteiger partial charge in [-0.25, -0.2) is 9.59 Å². The van der Waals surface area contributed by atoms with Gasteiger partial charge in [0.1, 0.15) is 0 Å². The molecule has 1 aliphatic heterocycles. The number of nitrogens with zero attached hydrogens (tertiary/aromatic N) is 2. The topological polar surface area (TPSA) is 126 Å². The molecule has 1 aliphatic rings. The molecule has 3 aromatic rings. The van der Waals surface area contributed by atoms with Gasteiger partial charge < -0.3 is 29.3 Å². The Labute approximate surface area is 226 Å². The number of aliphatic carboxylic acids is 2. The van der Waals surface area contributed by atoms with Gasteiger partial charge in [0.05, 0.1) is 21.3 Å². The number of piperazine rings is 1. The zero-order chi connectivity index (χ0) is 28.4. The summed E-state index contributed by atoms with van der Waals surface area (Å²) in [5, 5.41) is 14.8. The molecule has 1 saturated heterocycles. The van der Waals surface area contributed by atoms with Gasteiger partial charge in [0.25, 0.3) is 5.91 Å². The Bertz CT molecular complexity index is 1230. The summed E-state index contributed by atoms with van der Waals surface area (Å²) in [6.45, 7) is 3.77. The number of hydrogen-bond acceptors (Lipinski definition) is 7. The second-order valence-electron chi connectivity index (χ2n) is 8.66. The average Bonchev–Trinajstić information content (AvgIpc) is 2.97. The van der Waals surface area contributed by atoms with Crippen LogP contribution in [0.2, 0.25) is 0 Å². The number of carbonyl (C=O) groups is 3. The number of benzene rings is 3. The molecule has 1 fully saturated rings. The summed E-state index contributed by atoms with van der Waals surface area (Å²) >= 11 is 0. The fourth-order valence-electron chi connectivity index (χ4n) is 4.21. The Kier molecular flexibility index (Phi) is 10.3. The summed E-state index contributed by atoms with van der Waals surface area (Å²) in [6.07, 6.45) is 0. The van der Waals surface area contributed by atoms with Crippen LogP contribution in [0.15, 0.2) is 66.7 Å². The Hall–Kier alpha value is -4.57. The fourth-order valence-corrected chi connectivity index (χ4v) is 4.21. The van der Waals surface area contributed by atoms with E-state index in [-0.39, 0.29) is 5.91 Å². The number of ether oxygens (including phenoxy) is 3. The van der Waals surface area contributed by atoms with E-state index in [4.69, 9.17) is 34.0 Å². The predicted molar refractivity (Wildman–Crippen MR) is 144 cm³/mol. The molecule has 0 saturated carbocycles. The summed E-state index contributed by atoms with van der Waals surface area (Å²) in [5.41, 5.74) is 4.08. The first-order valence-electron chi connectivity index (χ1n) is 12.2. The summed E-state index contributed by atoms with van der Waals surface area (Å²) < 4.78 is 16.3. The van der Waals surface area contributed by atoms with Crippen molar-refractivity contribution < 1.29 is 38.8 Å². The lowest BCUT2D eigenvalue weighted by Crippen LogP contribution is -2.48. The van der Waals surface area contributed by atoms with Crippen molar-refractivity contribution in [2.45, 2.75) is 6.54 Å². The molecule has 0 bridgehead atoms. The molecular weight excluding hydrogens is 504 g/mol. The molecule has 0 atom stereocenters. The molecular formula is C29H32N2O8. The third-order valence-corrected chi connectivity index (χ3v) is 6.21. The maximum Gasteiger partial charge on any atom is 0.414 e. The van der Waals surface area contributed by atoms with E-state index >= 15 is 0 Å². The van der Waals surface area contributed by atoms with E-state index in [1.165, 1.54) is 0 Å². The Morgan fingerprint density at radius 1 is 0.718 bits per heavy atom. The van der Waals surface area contributed by atoms with Crippen LogP contribution in [0.5, 0.6) is 17.2 Å². The largest absolute Gasteiger partial charge is 0.493 e. The Morgan fingerprint density at radius 3 is 1.69 bits per heavy atom. The first kappa shape index (κ1) is 29.0. The lowest BCUT2D eigenvalue weighted by atomic mass is 10.0. The van der Waals surface area contributed by atoms with Gasteiger partial charge in [-0.05, 0) is 41.0 Å². The van der Waals surface area contributed by atoms with Crippen LogP contribution in [0.1, 0.15) is 15.9 Å². The third-order valence-electron chi connectivity index (χ3n) is 6.21. The van der Waals surface area contributed by atoms with Crippen molar-refractivity contribution >= 4 is 17.8 Å². The van der Waals surface area contributed by atoms with Crippen molar-refractivity contribution in [2.24, 2.45) is 0 Å². The molecule has 0 aromatic heterocycles. The van der Waals surface area contributed by atoms with Crippen LogP contribution in [-0.2, 0) is 16.1 Å². The van der Waals surface area contributed by atoms with Crippen LogP contribution in [0, 0.1) is 0 Å². The molecule has 0 aliphatic carbocycles. The van der Waals surface area contributed by atoms with E-state index in [9.17, 15) is 4.79 Å². The molecule has 0 unspecified atom stereocenters. The van der Waals surface area contributed by atoms with Crippen LogP contribution in [-0.4, -0.2) is 85.4 Å². The van der Waals surface area contributed by atoms with E-state index < -0.39 is 11.9 Å². The molecule has 10 nitrogen and oxygen atoms in total. The third kappa shape index (κ3) is 7.71. The summed E-state index contributed by atoms with van der Waals surface area (Å²) in [6, 6.07) is 22.0. The molecule has 2 N–H and O–H groups in total. The van der Waals surface area contributed by atoms with Gasteiger partial charge in [0, 0.05) is 38.3 Å². The minimum Gasteiger partial charge on any atom is -0.493 e. The maximum absolute atomic E-state index is 13.0. The molecule has 39 heavy (non-hydrogen) atoms. The molecule has 10 heteroatoms. The molecule has 3 aromatic carbocycles. The van der Waals surface area contributed by atoms with E-state index in [0.717, 1.165) is 41.9 Å². The highest BCUT2D eigenvalue weighted by molar-refractivity contribution is 6.27. The minimum atomic E-state index is -1.82. The summed E-state index contributed by atoms with van der Waals surface area (Å²) in [4.78, 5) is 35.5. The number of amides is 1. The number of rotatable bonds is 7. The molecule has 0 radical (unpaired) electrons. The molecule has 1 amide bonds. The van der Waals surface area contributed by atoms with Crippen LogP contribution in [0.4, 0.5) is 0 Å². The summed E-state index contributed by atoms with van der Waals surface area (Å²) in [5.74, 6) is -1.66. The zero-order valence-corrected chi connectivity index (χ0v) is 22.1. The standard InChI is InChI=1S/C27H30N2O4.C2H2O4/c1-31-24-17-20(18-25(32-2)26(24)33-3)19-28-13-15-29(16-14-28)27(30)23-11-9-22(10-12-23)21-7-5-4-6-8-21;3-1(4)2(5)6/h4-12,17-18H,13-16,19H2,1-3H3;(H,3,4)(H,5,6). The Balaban J connectivity index is 0.000000631. The maximum atomic E-state index is 13.0. The van der Waals surface area contributed by atoms with Gasteiger partial charge in [0.15, 0.2) is 11.5 Å². The molecule has 4 rings (SSSR count). The second-order valence-corrected chi connectivity index (χ2v) is 8.66. The molecule has 0 spiro atoms. The highest BCUT2D eigenvalue weighted by Crippen LogP contribution is 2.38. The number of carboxylic acids is 2. The first-order valence-corrected chi connectivity index (χ1v) is 12.2. The van der Waals surface area contributed by atoms with Crippen molar-refractivity contribution in [3.05, 3.63) is 77.9 Å². The molecule has 206 valence electrons. The van der Waals surface area contributed by atoms with E-state index in [0.29, 0.717) is 30.3 Å². The van der Waals surface area contributed by atoms with Crippen molar-refractivity contribution in [1.82, 2.24) is 9.80 Å². The fraction of sp³-hybridized carbons (Fsp3) is 0.276. The number of carbonyl (C=O) groups excluding carboxylic acids is 1. The average molecular weight is 537 g/mol. The summed E-state index contributed by atoms with van der Waals surface area (Å²) in [7, 11) is 4.85. The van der Waals surface area contributed by atoms with Crippen molar-refractivity contribution in [1.29, 1.82) is 0 Å². The normalized spacial score (nSPS) is 13.1. The SMILES string of the molecule is COc1cc(CN2CCN(C(=O)c3ccc(-c4ccccc4)cc3)CC2)cc(OC)c1OC.O=C(O)C(=O)O. The van der Waals surface area contributed by atoms with Gasteiger partial charge in [-0.2, -0.15) is 0 Å².